The van der Waals surface area contributed by atoms with Crippen molar-refractivity contribution in [3.05, 3.63) is 46.0 Å². The van der Waals surface area contributed by atoms with Gasteiger partial charge in [-0.3, -0.25) is 14.9 Å². The molecule has 2 N–H and O–H groups in total. The molecule has 0 unspecified atom stereocenters. The average Bonchev–Trinajstić information content (AvgIpc) is 2.28. The Bertz CT molecular complexity index is 536. The molecule has 0 atom stereocenters. The Hall–Kier alpha value is -2.70. The number of carboxylic acid groups (broad SMARTS) is 1. The average molecular weight is 250 g/mol. The lowest BCUT2D eigenvalue weighted by atomic mass is 10.2. The molecule has 0 saturated carbocycles. The molecule has 0 bridgehead atoms. The molecule has 0 saturated heterocycles. The smallest absolute Gasteiger partial charge is 0.328 e. The van der Waals surface area contributed by atoms with Gasteiger partial charge in [-0.2, -0.15) is 0 Å². The zero-order chi connectivity index (χ0) is 13.7. The van der Waals surface area contributed by atoms with Crippen molar-refractivity contribution in [2.75, 3.05) is 5.32 Å². The maximum Gasteiger partial charge on any atom is 0.328 e. The Kier molecular flexibility index (Phi) is 4.14. The van der Waals surface area contributed by atoms with Crippen molar-refractivity contribution < 1.29 is 19.6 Å². The van der Waals surface area contributed by atoms with Crippen LogP contribution in [0.5, 0.6) is 0 Å². The van der Waals surface area contributed by atoms with Crippen LogP contribution in [0.1, 0.15) is 5.56 Å². The Balaban J connectivity index is 2.86. The van der Waals surface area contributed by atoms with E-state index >= 15 is 0 Å². The normalized spacial score (nSPS) is 10.3. The van der Waals surface area contributed by atoms with E-state index in [1.165, 1.54) is 18.2 Å². The van der Waals surface area contributed by atoms with Crippen LogP contribution < -0.4 is 5.32 Å². The standard InChI is InChI=1S/C11H10N2O5/c1-7-2-3-8(6-9(7)13(17)18)12-10(14)4-5-11(15)16/h2-6H,1H3,(H,12,14)(H,15,16)/b5-4-. The quantitative estimate of drug-likeness (QED) is 0.477. The number of nitrogens with zero attached hydrogens (tertiary/aromatic N) is 1. The summed E-state index contributed by atoms with van der Waals surface area (Å²) in [5.41, 5.74) is 0.585. The first-order valence-electron chi connectivity index (χ1n) is 4.87. The molecule has 1 amide bonds. The van der Waals surface area contributed by atoms with Crippen molar-refractivity contribution in [2.24, 2.45) is 0 Å². The second-order valence-corrected chi connectivity index (χ2v) is 3.42. The van der Waals surface area contributed by atoms with E-state index in [1.54, 1.807) is 6.92 Å². The first-order chi connectivity index (χ1) is 8.40. The van der Waals surface area contributed by atoms with Gasteiger partial charge in [0.15, 0.2) is 0 Å². The molecule has 0 aliphatic carbocycles. The van der Waals surface area contributed by atoms with Crippen LogP contribution in [-0.4, -0.2) is 21.9 Å². The van der Waals surface area contributed by atoms with Gasteiger partial charge in [-0.25, -0.2) is 4.79 Å². The molecule has 0 radical (unpaired) electrons. The Morgan fingerprint density at radius 3 is 2.61 bits per heavy atom. The molecule has 0 aliphatic rings. The summed E-state index contributed by atoms with van der Waals surface area (Å²) in [5, 5.41) is 21.3. The van der Waals surface area contributed by atoms with Gasteiger partial charge in [0.2, 0.25) is 5.91 Å². The van der Waals surface area contributed by atoms with Crippen LogP contribution in [0, 0.1) is 17.0 Å². The van der Waals surface area contributed by atoms with E-state index in [0.717, 1.165) is 6.08 Å². The minimum Gasteiger partial charge on any atom is -0.478 e. The highest BCUT2D eigenvalue weighted by molar-refractivity contribution is 6.02. The molecule has 0 aliphatic heterocycles. The maximum absolute atomic E-state index is 11.3. The number of anilines is 1. The maximum atomic E-state index is 11.3. The van der Waals surface area contributed by atoms with E-state index in [4.69, 9.17) is 5.11 Å². The number of amides is 1. The number of carbonyl (C=O) groups is 2. The van der Waals surface area contributed by atoms with Gasteiger partial charge in [0.05, 0.1) is 4.92 Å². The molecule has 18 heavy (non-hydrogen) atoms. The van der Waals surface area contributed by atoms with Crippen molar-refractivity contribution in [2.45, 2.75) is 6.92 Å². The highest BCUT2D eigenvalue weighted by Gasteiger charge is 2.11. The predicted molar refractivity (Wildman–Crippen MR) is 63.2 cm³/mol. The number of nitrogens with one attached hydrogen (secondary N) is 1. The van der Waals surface area contributed by atoms with E-state index in [0.29, 0.717) is 11.6 Å². The summed E-state index contributed by atoms with van der Waals surface area (Å²) in [6.45, 7) is 1.58. The van der Waals surface area contributed by atoms with Crippen molar-refractivity contribution in [1.82, 2.24) is 0 Å². The topological polar surface area (TPSA) is 110 Å². The first-order valence-corrected chi connectivity index (χ1v) is 4.87. The molecule has 0 fully saturated rings. The molecular weight excluding hydrogens is 240 g/mol. The summed E-state index contributed by atoms with van der Waals surface area (Å²) < 4.78 is 0. The number of aryl methyl sites for hydroxylation is 1. The highest BCUT2D eigenvalue weighted by atomic mass is 16.6. The number of nitro benzene ring substituents is 1. The van der Waals surface area contributed by atoms with Crippen LogP contribution >= 0.6 is 0 Å². The second kappa shape index (κ2) is 5.58. The zero-order valence-electron chi connectivity index (χ0n) is 9.41. The number of hydrogen-bond acceptors (Lipinski definition) is 4. The lowest BCUT2D eigenvalue weighted by Crippen LogP contribution is -2.09. The SMILES string of the molecule is Cc1ccc(NC(=O)/C=C\C(=O)O)cc1[N+](=O)[O-]. The van der Waals surface area contributed by atoms with Gasteiger partial charge in [-0.1, -0.05) is 6.07 Å². The molecule has 0 spiro atoms. The lowest BCUT2D eigenvalue weighted by Gasteiger charge is -2.03. The van der Waals surface area contributed by atoms with E-state index in [9.17, 15) is 19.7 Å². The van der Waals surface area contributed by atoms with Gasteiger partial charge in [0, 0.05) is 29.5 Å². The molecule has 0 aromatic heterocycles. The molecule has 1 rings (SSSR count). The van der Waals surface area contributed by atoms with Crippen molar-refractivity contribution in [3.63, 3.8) is 0 Å². The summed E-state index contributed by atoms with van der Waals surface area (Å²) in [7, 11) is 0. The second-order valence-electron chi connectivity index (χ2n) is 3.42. The molecule has 1 aromatic carbocycles. The summed E-state index contributed by atoms with van der Waals surface area (Å²) in [6.07, 6.45) is 1.51. The number of carboxylic acids is 1. The molecular formula is C11H10N2O5. The van der Waals surface area contributed by atoms with Crippen LogP contribution in [0.4, 0.5) is 11.4 Å². The third-order valence-corrected chi connectivity index (χ3v) is 2.05. The summed E-state index contributed by atoms with van der Waals surface area (Å²) in [5.74, 6) is -1.92. The largest absolute Gasteiger partial charge is 0.478 e. The van der Waals surface area contributed by atoms with Gasteiger partial charge in [0.1, 0.15) is 0 Å². The van der Waals surface area contributed by atoms with E-state index in [2.05, 4.69) is 5.32 Å². The number of benzene rings is 1. The summed E-state index contributed by atoms with van der Waals surface area (Å²) in [6, 6.07) is 4.20. The van der Waals surface area contributed by atoms with Gasteiger partial charge >= 0.3 is 5.97 Å². The van der Waals surface area contributed by atoms with Gasteiger partial charge in [0.25, 0.3) is 5.69 Å². The number of aliphatic carboxylic acids is 1. The molecule has 0 heterocycles. The minimum absolute atomic E-state index is 0.116. The van der Waals surface area contributed by atoms with Gasteiger partial charge in [-0.15, -0.1) is 0 Å². The van der Waals surface area contributed by atoms with Crippen molar-refractivity contribution >= 4 is 23.3 Å². The van der Waals surface area contributed by atoms with Gasteiger partial charge in [-0.05, 0) is 13.0 Å². The Morgan fingerprint density at radius 2 is 2.06 bits per heavy atom. The summed E-state index contributed by atoms with van der Waals surface area (Å²) >= 11 is 0. The van der Waals surface area contributed by atoms with Gasteiger partial charge < -0.3 is 10.4 Å². The fraction of sp³-hybridized carbons (Fsp3) is 0.0909. The minimum atomic E-state index is -1.25. The molecule has 1 aromatic rings. The third-order valence-electron chi connectivity index (χ3n) is 2.05. The summed E-state index contributed by atoms with van der Waals surface area (Å²) in [4.78, 5) is 31.6. The molecule has 7 nitrogen and oxygen atoms in total. The highest BCUT2D eigenvalue weighted by Crippen LogP contribution is 2.22. The van der Waals surface area contributed by atoms with Crippen LogP contribution in [-0.2, 0) is 9.59 Å². The van der Waals surface area contributed by atoms with Crippen LogP contribution in [0.15, 0.2) is 30.4 Å². The first kappa shape index (κ1) is 13.4. The number of carbonyl (C=O) groups excluding carboxylic acids is 1. The Labute approximate surface area is 102 Å². The lowest BCUT2D eigenvalue weighted by molar-refractivity contribution is -0.385. The number of nitro groups is 1. The van der Waals surface area contributed by atoms with Crippen LogP contribution in [0.25, 0.3) is 0 Å². The number of rotatable bonds is 4. The predicted octanol–water partition coefficient (Wildman–Crippen LogP) is 1.48. The fourth-order valence-corrected chi connectivity index (χ4v) is 1.21. The third kappa shape index (κ3) is 3.71. The van der Waals surface area contributed by atoms with E-state index in [1.807, 2.05) is 0 Å². The van der Waals surface area contributed by atoms with Crippen LogP contribution in [0.2, 0.25) is 0 Å². The number of hydrogen-bond donors (Lipinski definition) is 2. The monoisotopic (exact) mass is 250 g/mol. The van der Waals surface area contributed by atoms with Crippen LogP contribution in [0.3, 0.4) is 0 Å². The molecule has 94 valence electrons. The van der Waals surface area contributed by atoms with Crippen molar-refractivity contribution in [3.8, 4) is 0 Å². The van der Waals surface area contributed by atoms with E-state index in [-0.39, 0.29) is 11.4 Å². The zero-order valence-corrected chi connectivity index (χ0v) is 9.41. The Morgan fingerprint density at radius 1 is 1.39 bits per heavy atom. The van der Waals surface area contributed by atoms with E-state index < -0.39 is 16.8 Å². The molecule has 7 heteroatoms. The van der Waals surface area contributed by atoms with Crippen molar-refractivity contribution in [1.29, 1.82) is 0 Å². The fourth-order valence-electron chi connectivity index (χ4n) is 1.21.